The number of benzene rings is 2. The van der Waals surface area contributed by atoms with Crippen LogP contribution in [0.25, 0.3) is 0 Å². The summed E-state index contributed by atoms with van der Waals surface area (Å²) in [7, 11) is -3.32. The van der Waals surface area contributed by atoms with Crippen LogP contribution in [0.3, 0.4) is 0 Å². The van der Waals surface area contributed by atoms with E-state index in [4.69, 9.17) is 11.6 Å². The molecule has 1 aromatic heterocycles. The number of rotatable bonds is 7. The van der Waals surface area contributed by atoms with E-state index in [1.807, 2.05) is 18.2 Å². The summed E-state index contributed by atoms with van der Waals surface area (Å²) in [6, 6.07) is 19.3. The summed E-state index contributed by atoms with van der Waals surface area (Å²) in [6.07, 6.45) is 1.70. The van der Waals surface area contributed by atoms with Crippen molar-refractivity contribution in [1.29, 1.82) is 0 Å². The molecule has 1 amide bonds. The van der Waals surface area contributed by atoms with Gasteiger partial charge in [-0.2, -0.15) is 0 Å². The lowest BCUT2D eigenvalue weighted by molar-refractivity contribution is -0.115. The lowest BCUT2D eigenvalue weighted by Crippen LogP contribution is -2.15. The monoisotopic (exact) mass is 414 g/mol. The average Bonchev–Trinajstić information content (AvgIpc) is 2.64. The molecule has 144 valence electrons. The number of carbonyl (C=O) groups excluding carboxylic acids is 1. The number of carbonyl (C=O) groups is 1. The van der Waals surface area contributed by atoms with Crippen LogP contribution in [0.4, 0.5) is 5.69 Å². The highest BCUT2D eigenvalue weighted by atomic mass is 35.5. The molecule has 0 unspecified atom stereocenters. The first kappa shape index (κ1) is 20.0. The number of sulfone groups is 1. The van der Waals surface area contributed by atoms with E-state index >= 15 is 0 Å². The highest BCUT2D eigenvalue weighted by Gasteiger charge is 2.14. The Morgan fingerprint density at radius 2 is 1.61 bits per heavy atom. The van der Waals surface area contributed by atoms with Crippen molar-refractivity contribution in [3.8, 4) is 0 Å². The Balaban J connectivity index is 1.63. The highest BCUT2D eigenvalue weighted by Crippen LogP contribution is 2.17. The van der Waals surface area contributed by atoms with Gasteiger partial charge in [0, 0.05) is 11.9 Å². The molecule has 2 aromatic carbocycles. The zero-order chi connectivity index (χ0) is 20.0. The zero-order valence-corrected chi connectivity index (χ0v) is 16.6. The smallest absolute Gasteiger partial charge is 0.228 e. The maximum absolute atomic E-state index is 12.5. The lowest BCUT2D eigenvalue weighted by Gasteiger charge is -2.09. The minimum atomic E-state index is -3.32. The molecule has 0 aliphatic rings. The van der Waals surface area contributed by atoms with Crippen LogP contribution >= 0.6 is 11.6 Å². The Labute approximate surface area is 169 Å². The van der Waals surface area contributed by atoms with Crippen molar-refractivity contribution in [2.75, 3.05) is 5.32 Å². The molecule has 0 aliphatic carbocycles. The van der Waals surface area contributed by atoms with Crippen molar-refractivity contribution >= 4 is 33.0 Å². The molecule has 3 rings (SSSR count). The summed E-state index contributed by atoms with van der Waals surface area (Å²) < 4.78 is 24.9. The van der Waals surface area contributed by atoms with E-state index < -0.39 is 9.84 Å². The third kappa shape index (κ3) is 6.18. The quantitative estimate of drug-likeness (QED) is 0.592. The Hall–Kier alpha value is -2.70. The molecule has 28 heavy (non-hydrogen) atoms. The normalized spacial score (nSPS) is 11.2. The molecule has 0 fully saturated rings. The number of halogens is 1. The third-order valence-corrected chi connectivity index (χ3v) is 5.75. The zero-order valence-electron chi connectivity index (χ0n) is 15.0. The molecule has 0 saturated heterocycles. The first-order valence-corrected chi connectivity index (χ1v) is 10.8. The van der Waals surface area contributed by atoms with Gasteiger partial charge in [-0.1, -0.05) is 60.1 Å². The Bertz CT molecular complexity index is 1050. The summed E-state index contributed by atoms with van der Waals surface area (Å²) in [4.78, 5) is 16.2. The average molecular weight is 415 g/mol. The molecule has 1 N–H and O–H groups in total. The van der Waals surface area contributed by atoms with Crippen molar-refractivity contribution in [2.45, 2.75) is 17.9 Å². The highest BCUT2D eigenvalue weighted by molar-refractivity contribution is 7.89. The molecule has 5 nitrogen and oxygen atoms in total. The molecule has 0 radical (unpaired) electrons. The van der Waals surface area contributed by atoms with E-state index in [1.165, 1.54) is 0 Å². The van der Waals surface area contributed by atoms with Gasteiger partial charge in [0.25, 0.3) is 0 Å². The van der Waals surface area contributed by atoms with Gasteiger partial charge in [0.05, 0.1) is 17.9 Å². The third-order valence-electron chi connectivity index (χ3n) is 3.98. The molecule has 3 aromatic rings. The molecule has 1 heterocycles. The van der Waals surface area contributed by atoms with Crippen molar-refractivity contribution in [3.63, 3.8) is 0 Å². The Kier molecular flexibility index (Phi) is 6.44. The number of hydrogen-bond acceptors (Lipinski definition) is 4. The van der Waals surface area contributed by atoms with Gasteiger partial charge in [-0.15, -0.1) is 0 Å². The van der Waals surface area contributed by atoms with Crippen LogP contribution in [-0.4, -0.2) is 19.3 Å². The maximum Gasteiger partial charge on any atom is 0.228 e. The largest absolute Gasteiger partial charge is 0.326 e. The minimum Gasteiger partial charge on any atom is -0.326 e. The summed E-state index contributed by atoms with van der Waals surface area (Å²) in [5.41, 5.74) is 2.67. The second-order valence-corrected chi connectivity index (χ2v) is 8.88. The molecule has 0 spiro atoms. The molecule has 0 atom stereocenters. The molecular weight excluding hydrogens is 396 g/mol. The van der Waals surface area contributed by atoms with Crippen LogP contribution in [0.15, 0.2) is 72.9 Å². The second-order valence-electron chi connectivity index (χ2n) is 6.43. The number of aromatic nitrogens is 1. The van der Waals surface area contributed by atoms with Gasteiger partial charge in [-0.05, 0) is 34.9 Å². The fourth-order valence-corrected chi connectivity index (χ4v) is 4.38. The molecule has 0 saturated carbocycles. The van der Waals surface area contributed by atoms with Crippen LogP contribution in [0.1, 0.15) is 16.7 Å². The number of nitrogens with zero attached hydrogens (tertiary/aromatic N) is 1. The fraction of sp³-hybridized carbons (Fsp3) is 0.143. The van der Waals surface area contributed by atoms with Gasteiger partial charge in [-0.25, -0.2) is 13.4 Å². The van der Waals surface area contributed by atoms with Gasteiger partial charge < -0.3 is 5.32 Å². The van der Waals surface area contributed by atoms with Crippen LogP contribution in [0, 0.1) is 0 Å². The molecule has 0 aliphatic heterocycles. The molecule has 0 bridgehead atoms. The van der Waals surface area contributed by atoms with E-state index in [9.17, 15) is 13.2 Å². The second kappa shape index (κ2) is 8.99. The van der Waals surface area contributed by atoms with Gasteiger partial charge in [0.1, 0.15) is 5.15 Å². The van der Waals surface area contributed by atoms with E-state index in [0.29, 0.717) is 16.4 Å². The minimum absolute atomic E-state index is 0.0198. The SMILES string of the molecule is O=C(Cc1ccc(Cl)nc1)Nc1cccc(CS(=O)(=O)Cc2ccccc2)c1. The van der Waals surface area contributed by atoms with Gasteiger partial charge >= 0.3 is 0 Å². The van der Waals surface area contributed by atoms with Crippen LogP contribution < -0.4 is 5.32 Å². The first-order chi connectivity index (χ1) is 13.4. The van der Waals surface area contributed by atoms with Crippen LogP contribution in [0.5, 0.6) is 0 Å². The van der Waals surface area contributed by atoms with E-state index in [1.54, 1.807) is 54.7 Å². The topological polar surface area (TPSA) is 76.1 Å². The summed E-state index contributed by atoms with van der Waals surface area (Å²) in [5.74, 6) is -0.325. The van der Waals surface area contributed by atoms with Gasteiger partial charge in [-0.3, -0.25) is 4.79 Å². The summed E-state index contributed by atoms with van der Waals surface area (Å²) in [6.45, 7) is 0. The fourth-order valence-electron chi connectivity index (χ4n) is 2.77. The number of pyridine rings is 1. The maximum atomic E-state index is 12.5. The van der Waals surface area contributed by atoms with E-state index in [-0.39, 0.29) is 23.8 Å². The molecular formula is C21H19ClN2O3S. The summed E-state index contributed by atoms with van der Waals surface area (Å²) in [5, 5.41) is 3.16. The first-order valence-electron chi connectivity index (χ1n) is 8.63. The van der Waals surface area contributed by atoms with Crippen LogP contribution in [-0.2, 0) is 32.6 Å². The lowest BCUT2D eigenvalue weighted by atomic mass is 10.2. The predicted octanol–water partition coefficient (Wildman–Crippen LogP) is 4.03. The Morgan fingerprint density at radius 1 is 0.893 bits per heavy atom. The van der Waals surface area contributed by atoms with Crippen molar-refractivity contribution in [1.82, 2.24) is 4.98 Å². The van der Waals surface area contributed by atoms with E-state index in [2.05, 4.69) is 10.3 Å². The van der Waals surface area contributed by atoms with Gasteiger partial charge in [0.2, 0.25) is 5.91 Å². The van der Waals surface area contributed by atoms with Crippen molar-refractivity contribution in [2.24, 2.45) is 0 Å². The van der Waals surface area contributed by atoms with Crippen molar-refractivity contribution in [3.05, 3.63) is 94.8 Å². The standard InChI is InChI=1S/C21H19ClN2O3S/c22-20-10-9-17(13-23-20)12-21(25)24-19-8-4-7-18(11-19)15-28(26,27)14-16-5-2-1-3-6-16/h1-11,13H,12,14-15H2,(H,24,25). The summed E-state index contributed by atoms with van der Waals surface area (Å²) >= 11 is 5.74. The van der Waals surface area contributed by atoms with Crippen molar-refractivity contribution < 1.29 is 13.2 Å². The number of anilines is 1. The number of nitrogens with one attached hydrogen (secondary N) is 1. The van der Waals surface area contributed by atoms with Gasteiger partial charge in [0.15, 0.2) is 9.84 Å². The number of amides is 1. The van der Waals surface area contributed by atoms with Crippen LogP contribution in [0.2, 0.25) is 5.15 Å². The Morgan fingerprint density at radius 3 is 2.32 bits per heavy atom. The predicted molar refractivity (Wildman–Crippen MR) is 111 cm³/mol. The molecule has 7 heteroatoms. The van der Waals surface area contributed by atoms with E-state index in [0.717, 1.165) is 11.1 Å². The number of hydrogen-bond donors (Lipinski definition) is 1.